The van der Waals surface area contributed by atoms with E-state index in [2.05, 4.69) is 12.2 Å². The van der Waals surface area contributed by atoms with Crippen molar-refractivity contribution in [2.75, 3.05) is 0 Å². The van der Waals surface area contributed by atoms with Crippen LogP contribution in [0.3, 0.4) is 0 Å². The van der Waals surface area contributed by atoms with Crippen LogP contribution in [0.15, 0.2) is 34.1 Å². The molecule has 2 heteroatoms. The molecule has 1 heterocycles. The first-order valence-corrected chi connectivity index (χ1v) is 4.58. The molecule has 2 aliphatic rings. The van der Waals surface area contributed by atoms with Gasteiger partial charge in [-0.1, -0.05) is 12.2 Å². The Morgan fingerprint density at radius 1 is 1.40 bits per heavy atom. The van der Waals surface area contributed by atoms with Gasteiger partial charge in [0.05, 0.1) is 10.8 Å². The van der Waals surface area contributed by atoms with Crippen molar-refractivity contribution < 1.29 is 4.21 Å². The maximum atomic E-state index is 11.1. The topological polar surface area (TPSA) is 17.1 Å². The van der Waals surface area contributed by atoms with Crippen molar-refractivity contribution in [3.05, 3.63) is 34.1 Å². The SMILES string of the molecule is O=S1C=CC2=C1CCC=C2. The average molecular weight is 152 g/mol. The first kappa shape index (κ1) is 6.10. The van der Waals surface area contributed by atoms with Crippen LogP contribution >= 0.6 is 0 Å². The standard InChI is InChI=1S/C8H8OS/c9-10-6-5-7-3-1-2-4-8(7)10/h1,3,5-6H,2,4H2. The summed E-state index contributed by atoms with van der Waals surface area (Å²) < 4.78 is 11.1. The summed E-state index contributed by atoms with van der Waals surface area (Å²) in [4.78, 5) is 1.11. The highest BCUT2D eigenvalue weighted by atomic mass is 32.2. The Kier molecular flexibility index (Phi) is 1.34. The van der Waals surface area contributed by atoms with Gasteiger partial charge in [-0.2, -0.15) is 0 Å². The molecule has 0 amide bonds. The summed E-state index contributed by atoms with van der Waals surface area (Å²) in [5, 5.41) is 1.76. The smallest absolute Gasteiger partial charge is 0.0741 e. The van der Waals surface area contributed by atoms with Crippen LogP contribution in [0, 0.1) is 0 Å². The van der Waals surface area contributed by atoms with Gasteiger partial charge in [-0.05, 0) is 24.5 Å². The van der Waals surface area contributed by atoms with Crippen LogP contribution in [0.4, 0.5) is 0 Å². The molecule has 52 valence electrons. The zero-order valence-electron chi connectivity index (χ0n) is 5.54. The van der Waals surface area contributed by atoms with Crippen molar-refractivity contribution in [3.63, 3.8) is 0 Å². The number of rotatable bonds is 0. The Bertz CT molecular complexity index is 271. The predicted molar refractivity (Wildman–Crippen MR) is 42.7 cm³/mol. The Labute approximate surface area is 62.6 Å². The Balaban J connectivity index is 2.46. The third-order valence-corrected chi connectivity index (χ3v) is 3.08. The second kappa shape index (κ2) is 2.20. The summed E-state index contributed by atoms with van der Waals surface area (Å²) in [6, 6.07) is 0. The number of hydrogen-bond donors (Lipinski definition) is 0. The van der Waals surface area contributed by atoms with Crippen molar-refractivity contribution >= 4 is 10.8 Å². The molecule has 0 spiro atoms. The van der Waals surface area contributed by atoms with Crippen LogP contribution in [0.5, 0.6) is 0 Å². The minimum Gasteiger partial charge on any atom is -0.250 e. The highest BCUT2D eigenvalue weighted by Crippen LogP contribution is 2.28. The molecule has 0 aromatic carbocycles. The Hall–Kier alpha value is -0.630. The fraction of sp³-hybridized carbons (Fsp3) is 0.250. The van der Waals surface area contributed by atoms with Gasteiger partial charge in [-0.15, -0.1) is 0 Å². The van der Waals surface area contributed by atoms with Gasteiger partial charge in [0.2, 0.25) is 0 Å². The first-order chi connectivity index (χ1) is 4.88. The maximum absolute atomic E-state index is 11.1. The lowest BCUT2D eigenvalue weighted by atomic mass is 10.1. The second-order valence-corrected chi connectivity index (χ2v) is 3.78. The monoisotopic (exact) mass is 152 g/mol. The van der Waals surface area contributed by atoms with E-state index < -0.39 is 10.8 Å². The summed E-state index contributed by atoms with van der Waals surface area (Å²) in [7, 11) is -0.792. The minimum atomic E-state index is -0.792. The predicted octanol–water partition coefficient (Wildman–Crippen LogP) is 1.87. The van der Waals surface area contributed by atoms with E-state index in [4.69, 9.17) is 0 Å². The van der Waals surface area contributed by atoms with Gasteiger partial charge in [0, 0.05) is 10.3 Å². The average Bonchev–Trinajstić information content (AvgIpc) is 2.34. The van der Waals surface area contributed by atoms with Gasteiger partial charge in [0.15, 0.2) is 0 Å². The van der Waals surface area contributed by atoms with E-state index in [1.54, 1.807) is 5.41 Å². The fourth-order valence-corrected chi connectivity index (χ4v) is 2.37. The third-order valence-electron chi connectivity index (χ3n) is 1.77. The van der Waals surface area contributed by atoms with Crippen LogP contribution in [0.25, 0.3) is 0 Å². The lowest BCUT2D eigenvalue weighted by Gasteiger charge is -2.04. The van der Waals surface area contributed by atoms with E-state index in [0.717, 1.165) is 17.7 Å². The quantitative estimate of drug-likeness (QED) is 0.518. The summed E-state index contributed by atoms with van der Waals surface area (Å²) >= 11 is 0. The van der Waals surface area contributed by atoms with Gasteiger partial charge in [-0.3, -0.25) is 0 Å². The van der Waals surface area contributed by atoms with Crippen molar-refractivity contribution in [1.82, 2.24) is 0 Å². The van der Waals surface area contributed by atoms with Crippen molar-refractivity contribution in [2.24, 2.45) is 0 Å². The van der Waals surface area contributed by atoms with E-state index in [1.165, 1.54) is 5.57 Å². The molecule has 10 heavy (non-hydrogen) atoms. The number of allylic oxidation sites excluding steroid dienone is 5. The molecule has 1 aliphatic heterocycles. The van der Waals surface area contributed by atoms with E-state index in [0.29, 0.717) is 0 Å². The molecule has 1 unspecified atom stereocenters. The van der Waals surface area contributed by atoms with Crippen molar-refractivity contribution in [3.8, 4) is 0 Å². The first-order valence-electron chi connectivity index (χ1n) is 3.36. The molecule has 0 aromatic rings. The molecular weight excluding hydrogens is 144 g/mol. The van der Waals surface area contributed by atoms with Crippen LogP contribution in [-0.2, 0) is 10.8 Å². The minimum absolute atomic E-state index is 0.792. The van der Waals surface area contributed by atoms with Gasteiger partial charge in [-0.25, -0.2) is 4.21 Å². The second-order valence-electron chi connectivity index (χ2n) is 2.42. The largest absolute Gasteiger partial charge is 0.250 e. The molecule has 1 atom stereocenters. The summed E-state index contributed by atoms with van der Waals surface area (Å²) in [5.41, 5.74) is 1.17. The van der Waals surface area contributed by atoms with Crippen molar-refractivity contribution in [2.45, 2.75) is 12.8 Å². The summed E-state index contributed by atoms with van der Waals surface area (Å²) in [6.45, 7) is 0. The van der Waals surface area contributed by atoms with Crippen LogP contribution in [0.2, 0.25) is 0 Å². The molecule has 0 bridgehead atoms. The van der Waals surface area contributed by atoms with Gasteiger partial charge < -0.3 is 0 Å². The number of hydrogen-bond acceptors (Lipinski definition) is 1. The zero-order chi connectivity index (χ0) is 6.97. The lowest BCUT2D eigenvalue weighted by molar-refractivity contribution is 0.690. The molecule has 2 rings (SSSR count). The Morgan fingerprint density at radius 3 is 3.10 bits per heavy atom. The molecule has 0 N–H and O–H groups in total. The molecule has 0 saturated heterocycles. The lowest BCUT2D eigenvalue weighted by Crippen LogP contribution is -1.92. The molecule has 1 aliphatic carbocycles. The molecule has 0 fully saturated rings. The Morgan fingerprint density at radius 2 is 2.30 bits per heavy atom. The maximum Gasteiger partial charge on any atom is 0.0741 e. The van der Waals surface area contributed by atoms with Crippen LogP contribution < -0.4 is 0 Å². The van der Waals surface area contributed by atoms with Gasteiger partial charge >= 0.3 is 0 Å². The van der Waals surface area contributed by atoms with E-state index in [-0.39, 0.29) is 0 Å². The molecule has 0 aromatic heterocycles. The van der Waals surface area contributed by atoms with E-state index >= 15 is 0 Å². The fourth-order valence-electron chi connectivity index (χ4n) is 1.24. The van der Waals surface area contributed by atoms with Crippen LogP contribution in [-0.4, -0.2) is 4.21 Å². The molecular formula is C8H8OS. The van der Waals surface area contributed by atoms with Gasteiger partial charge in [0.25, 0.3) is 0 Å². The molecule has 0 saturated carbocycles. The van der Waals surface area contributed by atoms with Crippen molar-refractivity contribution in [1.29, 1.82) is 0 Å². The highest BCUT2D eigenvalue weighted by molar-refractivity contribution is 7.92. The molecule has 0 radical (unpaired) electrons. The molecule has 1 nitrogen and oxygen atoms in total. The van der Waals surface area contributed by atoms with Crippen LogP contribution in [0.1, 0.15) is 12.8 Å². The summed E-state index contributed by atoms with van der Waals surface area (Å²) in [5.74, 6) is 0. The highest BCUT2D eigenvalue weighted by Gasteiger charge is 2.15. The zero-order valence-corrected chi connectivity index (χ0v) is 6.36. The summed E-state index contributed by atoms with van der Waals surface area (Å²) in [6.07, 6.45) is 8.16. The third kappa shape index (κ3) is 0.797. The normalized spacial score (nSPS) is 29.4. The van der Waals surface area contributed by atoms with Gasteiger partial charge in [0.1, 0.15) is 0 Å². The van der Waals surface area contributed by atoms with E-state index in [1.807, 2.05) is 6.08 Å². The van der Waals surface area contributed by atoms with E-state index in [9.17, 15) is 4.21 Å².